The van der Waals surface area contributed by atoms with Crippen LogP contribution in [0.4, 0.5) is 0 Å². The molecule has 0 radical (unpaired) electrons. The van der Waals surface area contributed by atoms with Crippen LogP contribution in [0.25, 0.3) is 0 Å². The Bertz CT molecular complexity index is 692. The molecule has 0 aromatic heterocycles. The molecule has 0 spiro atoms. The van der Waals surface area contributed by atoms with E-state index in [9.17, 15) is 14.9 Å². The summed E-state index contributed by atoms with van der Waals surface area (Å²) in [7, 11) is 0. The van der Waals surface area contributed by atoms with Gasteiger partial charge in [0.05, 0.1) is 19.0 Å². The minimum absolute atomic E-state index is 0.0951. The van der Waals surface area contributed by atoms with E-state index in [1.54, 1.807) is 18.2 Å². The van der Waals surface area contributed by atoms with Gasteiger partial charge >= 0.3 is 0 Å². The van der Waals surface area contributed by atoms with Gasteiger partial charge in [0.25, 0.3) is 5.91 Å². The number of benzene rings is 1. The lowest BCUT2D eigenvalue weighted by molar-refractivity contribution is -0.128. The zero-order valence-electron chi connectivity index (χ0n) is 12.3. The highest BCUT2D eigenvalue weighted by Gasteiger charge is 2.31. The molecule has 0 atom stereocenters. The first-order valence-corrected chi connectivity index (χ1v) is 7.45. The molecule has 3 rings (SSSR count). The molecule has 2 aliphatic rings. The number of fused-ring (bicyclic) bond motifs is 1. The minimum atomic E-state index is -0.297. The summed E-state index contributed by atoms with van der Waals surface area (Å²) in [5.41, 5.74) is 2.94. The molecule has 22 heavy (non-hydrogen) atoms. The average molecular weight is 295 g/mol. The second-order valence-corrected chi connectivity index (χ2v) is 5.56. The number of nitrogens with one attached hydrogen (secondary N) is 1. The second kappa shape index (κ2) is 6.12. The molecule has 2 amide bonds. The van der Waals surface area contributed by atoms with Crippen molar-refractivity contribution in [2.45, 2.75) is 19.3 Å². The Balaban J connectivity index is 1.87. The average Bonchev–Trinajstić information content (AvgIpc) is 2.56. The van der Waals surface area contributed by atoms with Gasteiger partial charge in [-0.05, 0) is 37.6 Å². The summed E-state index contributed by atoms with van der Waals surface area (Å²) in [6, 6.07) is 9.35. The summed E-state index contributed by atoms with van der Waals surface area (Å²) in [4.78, 5) is 26.0. The Morgan fingerprint density at radius 1 is 1.23 bits per heavy atom. The smallest absolute Gasteiger partial charge is 0.261 e. The van der Waals surface area contributed by atoms with E-state index < -0.39 is 0 Å². The summed E-state index contributed by atoms with van der Waals surface area (Å²) in [5, 5.41) is 12.6. The van der Waals surface area contributed by atoms with Crippen LogP contribution in [0.2, 0.25) is 0 Å². The van der Waals surface area contributed by atoms with Crippen LogP contribution in [0, 0.1) is 11.3 Å². The molecule has 1 fully saturated rings. The highest BCUT2D eigenvalue weighted by Crippen LogP contribution is 2.22. The van der Waals surface area contributed by atoms with E-state index in [2.05, 4.69) is 11.4 Å². The molecule has 0 saturated carbocycles. The van der Waals surface area contributed by atoms with Gasteiger partial charge in [-0.15, -0.1) is 0 Å². The number of nitrogens with zero attached hydrogens (tertiary/aromatic N) is 2. The molecule has 0 unspecified atom stereocenters. The van der Waals surface area contributed by atoms with Crippen LogP contribution in [-0.4, -0.2) is 36.3 Å². The molecule has 1 saturated heterocycles. The molecular formula is C17H17N3O2. The van der Waals surface area contributed by atoms with Gasteiger partial charge in [0, 0.05) is 11.1 Å². The molecule has 5 nitrogen and oxygen atoms in total. The lowest BCUT2D eigenvalue weighted by Crippen LogP contribution is -2.43. The SMILES string of the molecule is N#CC(CN1C(=O)Cc2ccccc2C1=O)=C1CCNCC1. The Labute approximate surface area is 129 Å². The van der Waals surface area contributed by atoms with E-state index in [1.807, 2.05) is 6.07 Å². The Morgan fingerprint density at radius 3 is 2.68 bits per heavy atom. The first kappa shape index (κ1) is 14.5. The summed E-state index contributed by atoms with van der Waals surface area (Å²) in [6.45, 7) is 1.77. The van der Waals surface area contributed by atoms with Crippen molar-refractivity contribution in [3.8, 4) is 6.07 Å². The van der Waals surface area contributed by atoms with E-state index in [-0.39, 0.29) is 24.8 Å². The van der Waals surface area contributed by atoms with Crippen molar-refractivity contribution >= 4 is 11.8 Å². The molecular weight excluding hydrogens is 278 g/mol. The number of carbonyl (C=O) groups is 2. The maximum absolute atomic E-state index is 12.5. The van der Waals surface area contributed by atoms with Crippen LogP contribution in [0.5, 0.6) is 0 Å². The van der Waals surface area contributed by atoms with Crippen LogP contribution in [0.15, 0.2) is 35.4 Å². The first-order valence-electron chi connectivity index (χ1n) is 7.45. The van der Waals surface area contributed by atoms with Gasteiger partial charge in [-0.25, -0.2) is 0 Å². The quantitative estimate of drug-likeness (QED) is 0.661. The van der Waals surface area contributed by atoms with Gasteiger partial charge in [-0.2, -0.15) is 5.26 Å². The van der Waals surface area contributed by atoms with Crippen LogP contribution in [0.1, 0.15) is 28.8 Å². The molecule has 2 aliphatic heterocycles. The third-order valence-electron chi connectivity index (χ3n) is 4.22. The van der Waals surface area contributed by atoms with Crippen molar-refractivity contribution in [2.75, 3.05) is 19.6 Å². The van der Waals surface area contributed by atoms with Gasteiger partial charge < -0.3 is 5.32 Å². The maximum Gasteiger partial charge on any atom is 0.261 e. The fourth-order valence-electron chi connectivity index (χ4n) is 2.97. The Morgan fingerprint density at radius 2 is 1.95 bits per heavy atom. The summed E-state index contributed by atoms with van der Waals surface area (Å²) < 4.78 is 0. The van der Waals surface area contributed by atoms with Crippen LogP contribution >= 0.6 is 0 Å². The summed E-state index contributed by atoms with van der Waals surface area (Å²) >= 11 is 0. The van der Waals surface area contributed by atoms with Crippen LogP contribution in [0.3, 0.4) is 0 Å². The number of amides is 2. The number of rotatable bonds is 2. The van der Waals surface area contributed by atoms with E-state index in [0.717, 1.165) is 37.1 Å². The number of nitriles is 1. The maximum atomic E-state index is 12.5. The lowest BCUT2D eigenvalue weighted by atomic mass is 9.96. The zero-order valence-corrected chi connectivity index (χ0v) is 12.3. The van der Waals surface area contributed by atoms with E-state index in [1.165, 1.54) is 4.90 Å². The van der Waals surface area contributed by atoms with Crippen LogP contribution in [-0.2, 0) is 11.2 Å². The molecule has 0 aliphatic carbocycles. The normalized spacial score (nSPS) is 18.0. The van der Waals surface area contributed by atoms with E-state index in [0.29, 0.717) is 11.1 Å². The minimum Gasteiger partial charge on any atom is -0.316 e. The molecule has 5 heteroatoms. The van der Waals surface area contributed by atoms with E-state index >= 15 is 0 Å². The summed E-state index contributed by atoms with van der Waals surface area (Å²) in [6.07, 6.45) is 1.82. The van der Waals surface area contributed by atoms with Crippen molar-refractivity contribution in [1.29, 1.82) is 5.26 Å². The van der Waals surface area contributed by atoms with Gasteiger partial charge in [0.1, 0.15) is 0 Å². The molecule has 1 aromatic rings. The standard InChI is InChI=1S/C17H17N3O2/c18-10-14(12-5-7-19-8-6-12)11-20-16(21)9-13-3-1-2-4-15(13)17(20)22/h1-4,19H,5-9,11H2. The lowest BCUT2D eigenvalue weighted by Gasteiger charge is -2.27. The zero-order chi connectivity index (χ0) is 15.5. The third-order valence-corrected chi connectivity index (χ3v) is 4.22. The van der Waals surface area contributed by atoms with Crippen molar-refractivity contribution < 1.29 is 9.59 Å². The topological polar surface area (TPSA) is 73.2 Å². The summed E-state index contributed by atoms with van der Waals surface area (Å²) in [5.74, 6) is -0.528. The van der Waals surface area contributed by atoms with Gasteiger partial charge in [0.15, 0.2) is 0 Å². The predicted octanol–water partition coefficient (Wildman–Crippen LogP) is 1.42. The number of carbonyl (C=O) groups excluding carboxylic acids is 2. The highest BCUT2D eigenvalue weighted by molar-refractivity contribution is 6.09. The molecule has 2 heterocycles. The van der Waals surface area contributed by atoms with Crippen molar-refractivity contribution in [2.24, 2.45) is 0 Å². The number of hydrogen-bond donors (Lipinski definition) is 1. The third kappa shape index (κ3) is 2.66. The molecule has 1 N–H and O–H groups in total. The number of imide groups is 1. The van der Waals surface area contributed by atoms with Crippen molar-refractivity contribution in [3.05, 3.63) is 46.5 Å². The van der Waals surface area contributed by atoms with Gasteiger partial charge in [0.2, 0.25) is 5.91 Å². The van der Waals surface area contributed by atoms with Crippen molar-refractivity contribution in [1.82, 2.24) is 10.2 Å². The largest absolute Gasteiger partial charge is 0.316 e. The van der Waals surface area contributed by atoms with E-state index in [4.69, 9.17) is 0 Å². The predicted molar refractivity (Wildman–Crippen MR) is 80.9 cm³/mol. The monoisotopic (exact) mass is 295 g/mol. The number of piperidine rings is 1. The Kier molecular flexibility index (Phi) is 4.03. The molecule has 1 aromatic carbocycles. The van der Waals surface area contributed by atoms with Crippen molar-refractivity contribution in [3.63, 3.8) is 0 Å². The first-order chi connectivity index (χ1) is 10.7. The fourth-order valence-corrected chi connectivity index (χ4v) is 2.97. The van der Waals surface area contributed by atoms with Crippen LogP contribution < -0.4 is 5.32 Å². The fraction of sp³-hybridized carbons (Fsp3) is 0.353. The second-order valence-electron chi connectivity index (χ2n) is 5.56. The number of hydrogen-bond acceptors (Lipinski definition) is 4. The molecule has 112 valence electrons. The Hall–Kier alpha value is -2.45. The highest BCUT2D eigenvalue weighted by atomic mass is 16.2. The van der Waals surface area contributed by atoms with Gasteiger partial charge in [-0.1, -0.05) is 23.8 Å². The van der Waals surface area contributed by atoms with Gasteiger partial charge in [-0.3, -0.25) is 14.5 Å². The molecule has 0 bridgehead atoms.